The molecule has 0 fully saturated rings. The molecule has 23 heavy (non-hydrogen) atoms. The highest BCUT2D eigenvalue weighted by atomic mass is 16.3. The van der Waals surface area contributed by atoms with E-state index < -0.39 is 17.4 Å². The molecule has 1 heterocycles. The van der Waals surface area contributed by atoms with Gasteiger partial charge in [-0.15, -0.1) is 0 Å². The summed E-state index contributed by atoms with van der Waals surface area (Å²) in [5, 5.41) is 13.6. The summed E-state index contributed by atoms with van der Waals surface area (Å²) in [5.74, 6) is -0.444. The van der Waals surface area contributed by atoms with Crippen LogP contribution >= 0.6 is 0 Å². The molecule has 1 aromatic carbocycles. The molecule has 0 aliphatic rings. The van der Waals surface area contributed by atoms with Crippen molar-refractivity contribution < 1.29 is 9.90 Å². The fourth-order valence-corrected chi connectivity index (χ4v) is 2.19. The van der Waals surface area contributed by atoms with Gasteiger partial charge in [0, 0.05) is 25.4 Å². The molecule has 0 spiro atoms. The highest BCUT2D eigenvalue weighted by Crippen LogP contribution is 2.08. The van der Waals surface area contributed by atoms with Crippen LogP contribution in [0.1, 0.15) is 29.5 Å². The van der Waals surface area contributed by atoms with Crippen molar-refractivity contribution >= 4 is 5.91 Å². The average molecular weight is 315 g/mol. The van der Waals surface area contributed by atoms with Gasteiger partial charge in [0.2, 0.25) is 5.43 Å². The predicted molar refractivity (Wildman–Crippen MR) is 87.8 cm³/mol. The Kier molecular flexibility index (Phi) is 5.28. The predicted octanol–water partition coefficient (Wildman–Crippen LogP) is 1.38. The maximum atomic E-state index is 12.4. The van der Waals surface area contributed by atoms with Crippen LogP contribution in [0.25, 0.3) is 5.69 Å². The molecule has 0 saturated carbocycles. The molecule has 1 aromatic heterocycles. The van der Waals surface area contributed by atoms with E-state index in [9.17, 15) is 14.7 Å². The van der Waals surface area contributed by atoms with E-state index >= 15 is 0 Å². The fraction of sp³-hybridized carbons (Fsp3) is 0.353. The number of aliphatic hydroxyl groups is 1. The van der Waals surface area contributed by atoms with E-state index in [1.54, 1.807) is 25.6 Å². The van der Waals surface area contributed by atoms with E-state index in [2.05, 4.69) is 5.10 Å². The molecule has 6 heteroatoms. The van der Waals surface area contributed by atoms with Crippen molar-refractivity contribution in [3.63, 3.8) is 0 Å². The standard InChI is InChI=1S/C17H21N3O3/c1-12-11-15(22)16(17(23)19(3)10-9-13(2)21)18-20(12)14-7-5-4-6-8-14/h4-8,11,13,21H,9-10H2,1-3H3. The number of amides is 1. The van der Waals surface area contributed by atoms with E-state index in [0.717, 1.165) is 5.69 Å². The minimum atomic E-state index is -0.503. The number of aromatic nitrogens is 2. The monoisotopic (exact) mass is 315 g/mol. The molecule has 6 nitrogen and oxygen atoms in total. The highest BCUT2D eigenvalue weighted by Gasteiger charge is 2.19. The number of benzene rings is 1. The number of hydrogen-bond acceptors (Lipinski definition) is 4. The number of nitrogens with zero attached hydrogens (tertiary/aromatic N) is 3. The minimum Gasteiger partial charge on any atom is -0.393 e. The first kappa shape index (κ1) is 16.9. The molecule has 0 saturated heterocycles. The Morgan fingerprint density at radius 3 is 2.61 bits per heavy atom. The van der Waals surface area contributed by atoms with Gasteiger partial charge in [-0.05, 0) is 32.4 Å². The molecular weight excluding hydrogens is 294 g/mol. The zero-order chi connectivity index (χ0) is 17.0. The zero-order valence-electron chi connectivity index (χ0n) is 13.6. The number of hydrogen-bond donors (Lipinski definition) is 1. The van der Waals surface area contributed by atoms with Crippen LogP contribution in [0, 0.1) is 6.92 Å². The van der Waals surface area contributed by atoms with Gasteiger partial charge in [0.1, 0.15) is 0 Å². The molecule has 0 aliphatic heterocycles. The fourth-order valence-electron chi connectivity index (χ4n) is 2.19. The number of carbonyl (C=O) groups is 1. The van der Waals surface area contributed by atoms with Crippen LogP contribution in [0.5, 0.6) is 0 Å². The maximum Gasteiger partial charge on any atom is 0.278 e. The van der Waals surface area contributed by atoms with Gasteiger partial charge in [-0.1, -0.05) is 18.2 Å². The lowest BCUT2D eigenvalue weighted by atomic mass is 10.2. The van der Waals surface area contributed by atoms with Gasteiger partial charge in [-0.3, -0.25) is 9.59 Å². The number of aliphatic hydroxyl groups excluding tert-OH is 1. The molecule has 2 rings (SSSR count). The van der Waals surface area contributed by atoms with Crippen LogP contribution in [-0.2, 0) is 0 Å². The Labute approximate surface area is 135 Å². The lowest BCUT2D eigenvalue weighted by Gasteiger charge is -2.18. The Balaban J connectivity index is 2.36. The first-order valence-corrected chi connectivity index (χ1v) is 7.50. The number of carbonyl (C=O) groups excluding carboxylic acids is 1. The van der Waals surface area contributed by atoms with Crippen LogP contribution in [0.3, 0.4) is 0 Å². The van der Waals surface area contributed by atoms with Crippen molar-refractivity contribution in [2.45, 2.75) is 26.4 Å². The second kappa shape index (κ2) is 7.19. The first-order valence-electron chi connectivity index (χ1n) is 7.50. The Bertz CT molecular complexity index is 738. The molecule has 1 N–H and O–H groups in total. The van der Waals surface area contributed by atoms with E-state index in [-0.39, 0.29) is 5.69 Å². The van der Waals surface area contributed by atoms with Gasteiger partial charge in [0.25, 0.3) is 5.91 Å². The second-order valence-corrected chi connectivity index (χ2v) is 5.61. The number of para-hydroxylation sites is 1. The summed E-state index contributed by atoms with van der Waals surface area (Å²) < 4.78 is 1.58. The van der Waals surface area contributed by atoms with Crippen molar-refractivity contribution in [2.75, 3.05) is 13.6 Å². The van der Waals surface area contributed by atoms with E-state index in [4.69, 9.17) is 0 Å². The van der Waals surface area contributed by atoms with E-state index in [1.807, 2.05) is 30.3 Å². The summed E-state index contributed by atoms with van der Waals surface area (Å²) in [5.41, 5.74) is 0.922. The van der Waals surface area contributed by atoms with Crippen LogP contribution in [-0.4, -0.2) is 45.4 Å². The quantitative estimate of drug-likeness (QED) is 0.904. The Hall–Kier alpha value is -2.47. The van der Waals surface area contributed by atoms with Crippen molar-refractivity contribution in [1.29, 1.82) is 0 Å². The van der Waals surface area contributed by atoms with Gasteiger partial charge >= 0.3 is 0 Å². The van der Waals surface area contributed by atoms with Gasteiger partial charge in [-0.2, -0.15) is 5.10 Å². The summed E-state index contributed by atoms with van der Waals surface area (Å²) in [6.07, 6.45) is -0.0572. The van der Waals surface area contributed by atoms with E-state index in [0.29, 0.717) is 18.7 Å². The molecular formula is C17H21N3O3. The zero-order valence-corrected chi connectivity index (χ0v) is 13.6. The molecule has 1 amide bonds. The molecule has 0 radical (unpaired) electrons. The van der Waals surface area contributed by atoms with Crippen molar-refractivity contribution in [3.8, 4) is 5.69 Å². The smallest absolute Gasteiger partial charge is 0.278 e. The Morgan fingerprint density at radius 2 is 2.00 bits per heavy atom. The normalized spacial score (nSPS) is 12.0. The van der Waals surface area contributed by atoms with Crippen LogP contribution < -0.4 is 5.43 Å². The molecule has 2 aromatic rings. The SMILES string of the molecule is Cc1cc(=O)c(C(=O)N(C)CCC(C)O)nn1-c1ccccc1. The van der Waals surface area contributed by atoms with Crippen LogP contribution in [0.15, 0.2) is 41.2 Å². The van der Waals surface area contributed by atoms with Crippen molar-refractivity contribution in [3.05, 3.63) is 58.0 Å². The summed E-state index contributed by atoms with van der Waals surface area (Å²) in [7, 11) is 1.60. The minimum absolute atomic E-state index is 0.118. The highest BCUT2D eigenvalue weighted by molar-refractivity contribution is 5.91. The summed E-state index contributed by atoms with van der Waals surface area (Å²) in [6, 6.07) is 10.7. The first-order chi connectivity index (χ1) is 10.9. The van der Waals surface area contributed by atoms with Gasteiger partial charge in [-0.25, -0.2) is 4.68 Å². The lowest BCUT2D eigenvalue weighted by molar-refractivity contribution is 0.0760. The summed E-state index contributed by atoms with van der Waals surface area (Å²) in [4.78, 5) is 26.0. The van der Waals surface area contributed by atoms with Crippen LogP contribution in [0.4, 0.5) is 0 Å². The third kappa shape index (κ3) is 4.04. The largest absolute Gasteiger partial charge is 0.393 e. The molecule has 122 valence electrons. The summed E-state index contributed by atoms with van der Waals surface area (Å²) >= 11 is 0. The van der Waals surface area contributed by atoms with Crippen molar-refractivity contribution in [2.24, 2.45) is 0 Å². The molecule has 1 atom stereocenters. The topological polar surface area (TPSA) is 75.4 Å². The number of aryl methyl sites for hydroxylation is 1. The average Bonchev–Trinajstić information content (AvgIpc) is 2.53. The molecule has 0 aliphatic carbocycles. The lowest BCUT2D eigenvalue weighted by Crippen LogP contribution is -2.35. The van der Waals surface area contributed by atoms with Gasteiger partial charge in [0.15, 0.2) is 5.69 Å². The maximum absolute atomic E-state index is 12.4. The van der Waals surface area contributed by atoms with E-state index in [1.165, 1.54) is 11.0 Å². The van der Waals surface area contributed by atoms with Gasteiger partial charge in [0.05, 0.1) is 11.8 Å². The molecule has 0 bridgehead atoms. The Morgan fingerprint density at radius 1 is 1.35 bits per heavy atom. The number of rotatable bonds is 5. The third-order valence-corrected chi connectivity index (χ3v) is 3.54. The third-order valence-electron chi connectivity index (χ3n) is 3.54. The van der Waals surface area contributed by atoms with Gasteiger partial charge < -0.3 is 10.0 Å². The second-order valence-electron chi connectivity index (χ2n) is 5.61. The van der Waals surface area contributed by atoms with Crippen LogP contribution in [0.2, 0.25) is 0 Å². The van der Waals surface area contributed by atoms with Crippen molar-refractivity contribution in [1.82, 2.24) is 14.7 Å². The summed E-state index contributed by atoms with van der Waals surface area (Å²) in [6.45, 7) is 3.79. The molecule has 1 unspecified atom stereocenters.